The Morgan fingerprint density at radius 3 is 2.75 bits per heavy atom. The largest absolute Gasteiger partial charge is 0.306 e. The summed E-state index contributed by atoms with van der Waals surface area (Å²) in [6.07, 6.45) is 5.27. The van der Waals surface area contributed by atoms with Crippen molar-refractivity contribution in [1.82, 2.24) is 4.90 Å². The van der Waals surface area contributed by atoms with Crippen LogP contribution < -0.4 is 0 Å². The van der Waals surface area contributed by atoms with Crippen LogP contribution in [0.1, 0.15) is 24.8 Å². The van der Waals surface area contributed by atoms with Gasteiger partial charge in [0, 0.05) is 11.6 Å². The second kappa shape index (κ2) is 5.70. The molecule has 0 bridgehead atoms. The van der Waals surface area contributed by atoms with E-state index in [1.165, 1.54) is 44.3 Å². The summed E-state index contributed by atoms with van der Waals surface area (Å²) in [5.41, 5.74) is 1.41. The lowest BCUT2D eigenvalue weighted by molar-refractivity contribution is 0.202. The number of likely N-dealkylation sites (tertiary alicyclic amines) is 1. The fourth-order valence-electron chi connectivity index (χ4n) is 2.53. The first kappa shape index (κ1) is 11.9. The van der Waals surface area contributed by atoms with Gasteiger partial charge in [0.15, 0.2) is 0 Å². The van der Waals surface area contributed by atoms with Crippen molar-refractivity contribution < 1.29 is 0 Å². The van der Waals surface area contributed by atoms with Crippen LogP contribution in [0.25, 0.3) is 0 Å². The third-order valence-corrected chi connectivity index (χ3v) is 3.73. The van der Waals surface area contributed by atoms with Crippen molar-refractivity contribution >= 4 is 11.6 Å². The third kappa shape index (κ3) is 3.50. The first-order chi connectivity index (χ1) is 7.74. The minimum absolute atomic E-state index is 0.834. The van der Waals surface area contributed by atoms with E-state index in [0.29, 0.717) is 0 Å². The van der Waals surface area contributed by atoms with Crippen molar-refractivity contribution in [2.45, 2.75) is 25.7 Å². The summed E-state index contributed by atoms with van der Waals surface area (Å²) in [6.45, 7) is 2.55. The molecule has 1 unspecified atom stereocenters. The Morgan fingerprint density at radius 1 is 1.31 bits per heavy atom. The first-order valence-electron chi connectivity index (χ1n) is 6.17. The zero-order valence-electron chi connectivity index (χ0n) is 9.95. The van der Waals surface area contributed by atoms with E-state index in [0.717, 1.165) is 10.9 Å². The molecule has 1 aromatic carbocycles. The van der Waals surface area contributed by atoms with Gasteiger partial charge in [0.25, 0.3) is 0 Å². The van der Waals surface area contributed by atoms with Gasteiger partial charge in [0.05, 0.1) is 0 Å². The smallest absolute Gasteiger partial charge is 0.0406 e. The lowest BCUT2D eigenvalue weighted by Gasteiger charge is -2.29. The highest BCUT2D eigenvalue weighted by atomic mass is 35.5. The summed E-state index contributed by atoms with van der Waals surface area (Å²) < 4.78 is 0. The van der Waals surface area contributed by atoms with E-state index < -0.39 is 0 Å². The standard InChI is InChI=1S/C14H20ClN/c1-16-10-2-3-13(11-16)5-4-12-6-8-14(15)9-7-12/h6-9,13H,2-5,10-11H2,1H3. The number of hydrogen-bond donors (Lipinski definition) is 0. The summed E-state index contributed by atoms with van der Waals surface area (Å²) in [4.78, 5) is 2.45. The Morgan fingerprint density at radius 2 is 2.06 bits per heavy atom. The molecule has 0 N–H and O–H groups in total. The number of nitrogens with zero attached hydrogens (tertiary/aromatic N) is 1. The van der Waals surface area contributed by atoms with Crippen molar-refractivity contribution in [2.75, 3.05) is 20.1 Å². The van der Waals surface area contributed by atoms with Gasteiger partial charge in [-0.15, -0.1) is 0 Å². The van der Waals surface area contributed by atoms with E-state index in [2.05, 4.69) is 24.1 Å². The highest BCUT2D eigenvalue weighted by Gasteiger charge is 2.16. The van der Waals surface area contributed by atoms with Crippen molar-refractivity contribution in [3.05, 3.63) is 34.9 Å². The maximum Gasteiger partial charge on any atom is 0.0406 e. The maximum atomic E-state index is 5.87. The van der Waals surface area contributed by atoms with Gasteiger partial charge in [-0.05, 0) is 62.9 Å². The third-order valence-electron chi connectivity index (χ3n) is 3.48. The Labute approximate surface area is 103 Å². The molecule has 88 valence electrons. The first-order valence-corrected chi connectivity index (χ1v) is 6.55. The van der Waals surface area contributed by atoms with E-state index in [1.54, 1.807) is 0 Å². The summed E-state index contributed by atoms with van der Waals surface area (Å²) in [7, 11) is 2.23. The van der Waals surface area contributed by atoms with Crippen molar-refractivity contribution in [1.29, 1.82) is 0 Å². The lowest BCUT2D eigenvalue weighted by atomic mass is 9.92. The quantitative estimate of drug-likeness (QED) is 0.776. The SMILES string of the molecule is CN1CCCC(CCc2ccc(Cl)cc2)C1. The molecule has 1 atom stereocenters. The van der Waals surface area contributed by atoms with Gasteiger partial charge in [-0.2, -0.15) is 0 Å². The highest BCUT2D eigenvalue weighted by Crippen LogP contribution is 2.21. The Kier molecular flexibility index (Phi) is 4.25. The molecule has 0 saturated carbocycles. The molecule has 16 heavy (non-hydrogen) atoms. The van der Waals surface area contributed by atoms with Crippen molar-refractivity contribution in [3.63, 3.8) is 0 Å². The Hall–Kier alpha value is -0.530. The molecule has 2 heteroatoms. The molecular weight excluding hydrogens is 218 g/mol. The van der Waals surface area contributed by atoms with Gasteiger partial charge in [0.1, 0.15) is 0 Å². The predicted octanol–water partition coefficient (Wildman–Crippen LogP) is 3.61. The van der Waals surface area contributed by atoms with Crippen molar-refractivity contribution in [2.24, 2.45) is 5.92 Å². The molecule has 0 spiro atoms. The van der Waals surface area contributed by atoms with Crippen LogP contribution in [-0.2, 0) is 6.42 Å². The minimum Gasteiger partial charge on any atom is -0.306 e. The monoisotopic (exact) mass is 237 g/mol. The summed E-state index contributed by atoms with van der Waals surface area (Å²) in [5.74, 6) is 0.884. The molecular formula is C14H20ClN. The van der Waals surface area contributed by atoms with E-state index in [4.69, 9.17) is 11.6 Å². The Balaban J connectivity index is 1.80. The molecule has 1 aliphatic rings. The van der Waals surface area contributed by atoms with E-state index in [1.807, 2.05) is 12.1 Å². The van der Waals surface area contributed by atoms with E-state index >= 15 is 0 Å². The molecule has 0 aliphatic carbocycles. The summed E-state index contributed by atoms with van der Waals surface area (Å²) >= 11 is 5.87. The summed E-state index contributed by atoms with van der Waals surface area (Å²) in [5, 5.41) is 0.834. The average molecular weight is 238 g/mol. The second-order valence-corrected chi connectivity index (χ2v) is 5.37. The molecule has 2 rings (SSSR count). The summed E-state index contributed by atoms with van der Waals surface area (Å²) in [6, 6.07) is 8.28. The van der Waals surface area contributed by atoms with Crippen LogP contribution in [0.4, 0.5) is 0 Å². The molecule has 1 saturated heterocycles. The molecule has 0 radical (unpaired) electrons. The molecule has 0 amide bonds. The van der Waals surface area contributed by atoms with Crippen molar-refractivity contribution in [3.8, 4) is 0 Å². The fraction of sp³-hybridized carbons (Fsp3) is 0.571. The zero-order valence-corrected chi connectivity index (χ0v) is 10.7. The van der Waals surface area contributed by atoms with Gasteiger partial charge in [-0.1, -0.05) is 23.7 Å². The van der Waals surface area contributed by atoms with Gasteiger partial charge in [0.2, 0.25) is 0 Å². The van der Waals surface area contributed by atoms with Crippen LogP contribution in [0.3, 0.4) is 0 Å². The molecule has 1 aliphatic heterocycles. The molecule has 0 aromatic heterocycles. The van der Waals surface area contributed by atoms with Crippen LogP contribution >= 0.6 is 11.6 Å². The van der Waals surface area contributed by atoms with Gasteiger partial charge < -0.3 is 4.90 Å². The van der Waals surface area contributed by atoms with E-state index in [-0.39, 0.29) is 0 Å². The number of hydrogen-bond acceptors (Lipinski definition) is 1. The predicted molar refractivity (Wildman–Crippen MR) is 70.0 cm³/mol. The van der Waals surface area contributed by atoms with Gasteiger partial charge >= 0.3 is 0 Å². The molecule has 1 aromatic rings. The van der Waals surface area contributed by atoms with E-state index in [9.17, 15) is 0 Å². The van der Waals surface area contributed by atoms with Crippen LogP contribution in [0.15, 0.2) is 24.3 Å². The Bertz CT molecular complexity index is 320. The number of piperidine rings is 1. The van der Waals surface area contributed by atoms with Gasteiger partial charge in [-0.3, -0.25) is 0 Å². The van der Waals surface area contributed by atoms with Crippen LogP contribution in [0.2, 0.25) is 5.02 Å². The van der Waals surface area contributed by atoms with Gasteiger partial charge in [-0.25, -0.2) is 0 Å². The number of halogens is 1. The minimum atomic E-state index is 0.834. The highest BCUT2D eigenvalue weighted by molar-refractivity contribution is 6.30. The number of rotatable bonds is 3. The van der Waals surface area contributed by atoms with Crippen LogP contribution in [0, 0.1) is 5.92 Å². The number of benzene rings is 1. The number of aryl methyl sites for hydroxylation is 1. The van der Waals surface area contributed by atoms with Crippen LogP contribution in [-0.4, -0.2) is 25.0 Å². The molecule has 1 fully saturated rings. The average Bonchev–Trinajstić information content (AvgIpc) is 2.28. The maximum absolute atomic E-state index is 5.87. The topological polar surface area (TPSA) is 3.24 Å². The molecule has 1 nitrogen and oxygen atoms in total. The molecule has 1 heterocycles. The van der Waals surface area contributed by atoms with Crippen LogP contribution in [0.5, 0.6) is 0 Å². The zero-order chi connectivity index (χ0) is 11.4. The second-order valence-electron chi connectivity index (χ2n) is 4.94. The fourth-order valence-corrected chi connectivity index (χ4v) is 2.66. The lowest BCUT2D eigenvalue weighted by Crippen LogP contribution is -2.32. The normalized spacial score (nSPS) is 22.2.